The summed E-state index contributed by atoms with van der Waals surface area (Å²) >= 11 is 0. The zero-order valence-electron chi connectivity index (χ0n) is 70.6. The molecule has 15 aromatic rings. The second-order valence-electron chi connectivity index (χ2n) is 31.8. The maximum absolute atomic E-state index is 13.3. The number of anilines is 3. The first kappa shape index (κ1) is 83.9. The number of ether oxygens (including phenoxy) is 3. The normalized spacial score (nSPS) is 13.9. The zero-order valence-corrected chi connectivity index (χ0v) is 70.6. The van der Waals surface area contributed by atoms with Gasteiger partial charge in [0.25, 0.3) is 93.1 Å². The van der Waals surface area contributed by atoms with Crippen molar-refractivity contribution in [2.24, 2.45) is 7.05 Å². The Hall–Kier alpha value is -18.0. The number of rotatable bonds is 13. The molecule has 0 unspecified atom stereocenters. The summed E-state index contributed by atoms with van der Waals surface area (Å²) in [6.07, 6.45) is 0. The highest BCUT2D eigenvalue weighted by atomic mass is 16.5. The van der Waals surface area contributed by atoms with Crippen LogP contribution in [0, 0.1) is 27.7 Å². The van der Waals surface area contributed by atoms with E-state index in [9.17, 15) is 81.5 Å². The summed E-state index contributed by atoms with van der Waals surface area (Å²) < 4.78 is 19.6. The number of hydrogen-bond acceptors (Lipinski definition) is 20. The molecule has 2 aromatic heterocycles. The Balaban J connectivity index is 0.000000119. The largest absolute Gasteiger partial charge is 0.457 e. The van der Waals surface area contributed by atoms with Crippen LogP contribution in [0.25, 0.3) is 38.4 Å². The topological polar surface area (TPSA) is 347 Å². The Morgan fingerprint density at radius 3 is 0.802 bits per heavy atom. The third kappa shape index (κ3) is 14.7. The summed E-state index contributed by atoms with van der Waals surface area (Å²) in [5, 5.41) is 0.618. The Labute approximate surface area is 742 Å². The van der Waals surface area contributed by atoms with Gasteiger partial charge in [-0.25, -0.2) is 19.3 Å². The van der Waals surface area contributed by atoms with E-state index in [1.165, 1.54) is 106 Å². The molecule has 640 valence electrons. The number of carbonyl (C=O) groups excluding carboxylic acids is 13. The van der Waals surface area contributed by atoms with Crippen molar-refractivity contribution in [3.8, 4) is 51.3 Å². The van der Waals surface area contributed by atoms with Crippen molar-refractivity contribution in [3.63, 3.8) is 0 Å². The molecule has 8 heterocycles. The van der Waals surface area contributed by atoms with E-state index >= 15 is 0 Å². The first-order valence-corrected chi connectivity index (χ1v) is 40.7. The molecule has 131 heavy (non-hydrogen) atoms. The molecule has 0 atom stereocenters. The van der Waals surface area contributed by atoms with Gasteiger partial charge in [-0.15, -0.1) is 0 Å². The Morgan fingerprint density at radius 2 is 0.443 bits per heavy atom. The predicted octanol–water partition coefficient (Wildman–Crippen LogP) is 15.1. The fraction of sp³-hybridized carbons (Fsp3) is 0.0777. The molecule has 12 amide bonds. The van der Waals surface area contributed by atoms with Crippen LogP contribution in [0.5, 0.6) is 34.5 Å². The predicted molar refractivity (Wildman–Crippen MR) is 482 cm³/mol. The van der Waals surface area contributed by atoms with Crippen LogP contribution >= 0.6 is 0 Å². The van der Waals surface area contributed by atoms with Gasteiger partial charge in [0.1, 0.15) is 34.5 Å². The highest BCUT2D eigenvalue weighted by Gasteiger charge is 2.42. The van der Waals surface area contributed by atoms with Gasteiger partial charge in [0, 0.05) is 39.3 Å². The third-order valence-corrected chi connectivity index (χ3v) is 23.3. The number of imide groups is 6. The van der Waals surface area contributed by atoms with Gasteiger partial charge in [0.05, 0.1) is 111 Å². The summed E-state index contributed by atoms with van der Waals surface area (Å²) in [7, 11) is 5.62. The standard InChI is InChI=1S/C31H20N2O6.C30H20N2O6.C24H16N2O4.C18H12N2O4/c1-17-3-9-21(10-4-17)39-22-11-7-20(8-12-22)33-30(37)24-14-6-19(16-26(24)31(33)38)27(34)18-5-13-23-25(15-18)29(36)32(2)28(23)35;1-17-3-7-19(8-4-17)37-20-9-5-18(6-10-20)32-29(35)24-14-12-22(16-26(24)30(32)36)38-21-11-13-23-25(15-21)28(34)31(2)27(23)33;1-13-3-7-16(8-4-13)26-23(29)18-10-6-15(12-20(18)24(26)30)14-5-9-17-19(11-14)22(28)25(2)21(17)27;1-9-3-5-10(6-4-9)20-17(23)13-7-11-12(8-14(13)18(20)24)16(22)19(2)15(11)21/h3-16H,1-2H3;3-16H,1-2H3;3-12H,1-2H3;3-8H,1-2H3. The molecule has 0 spiro atoms. The van der Waals surface area contributed by atoms with Gasteiger partial charge in [-0.2, -0.15) is 0 Å². The smallest absolute Gasteiger partial charge is 0.266 e. The van der Waals surface area contributed by atoms with E-state index in [-0.39, 0.29) is 101 Å². The first-order valence-electron chi connectivity index (χ1n) is 40.7. The Kier molecular flexibility index (Phi) is 20.8. The number of hydrogen-bond donors (Lipinski definition) is 0. The molecule has 0 radical (unpaired) electrons. The number of nitrogens with zero attached hydrogens (tertiary/aromatic N) is 8. The molecule has 6 aliphatic rings. The number of aryl methyl sites for hydroxylation is 4. The molecular weight excluding hydrogens is 1670 g/mol. The fourth-order valence-electron chi connectivity index (χ4n) is 16.1. The second kappa shape index (κ2) is 32.5. The maximum Gasteiger partial charge on any atom is 0.266 e. The van der Waals surface area contributed by atoms with Crippen molar-refractivity contribution in [1.82, 2.24) is 23.8 Å². The van der Waals surface area contributed by atoms with Gasteiger partial charge in [-0.1, -0.05) is 95.1 Å². The number of amides is 12. The van der Waals surface area contributed by atoms with Crippen LogP contribution in [0.4, 0.5) is 17.1 Å². The average Bonchev–Trinajstić information content (AvgIpc) is 1.58. The first-order chi connectivity index (χ1) is 62.8. The quantitative estimate of drug-likeness (QED) is 0.0764. The molecular formula is C103H68N8O20. The maximum atomic E-state index is 13.3. The van der Waals surface area contributed by atoms with Crippen LogP contribution in [-0.2, 0) is 7.05 Å². The SMILES string of the molecule is Cc1ccc(-n2c(=O)c3cc4c(=O)n(C)c(=O)c4cc3c2=O)cc1.Cc1ccc(N2C(=O)c3ccc(-c4ccc5c(c4)C(=O)N(C)C5=O)cc3C2=O)cc1.Cc1ccc(Oc2ccc(N3C(=O)c4ccc(C(=O)c5ccc6c(c5)C(=O)N(C)C6=O)cc4C3=O)cc2)cc1.Cc1ccc(Oc2ccc(N3C(=O)c4ccc(Oc5ccc6c(c5)C(=O)N(C)C6=O)cc4C3=O)cc2)cc1. The lowest BCUT2D eigenvalue weighted by Gasteiger charge is -2.14. The lowest BCUT2D eigenvalue weighted by atomic mass is 9.96. The van der Waals surface area contributed by atoms with Crippen LogP contribution in [0.1, 0.15) is 162 Å². The summed E-state index contributed by atoms with van der Waals surface area (Å²) in [5.74, 6) is -2.37. The minimum atomic E-state index is -0.548. The molecule has 0 fully saturated rings. The third-order valence-electron chi connectivity index (χ3n) is 23.3. The summed E-state index contributed by atoms with van der Waals surface area (Å²) in [4.78, 5) is 221. The fourth-order valence-corrected chi connectivity index (χ4v) is 16.1. The number of benzene rings is 13. The van der Waals surface area contributed by atoms with Crippen molar-refractivity contribution in [3.05, 3.63) is 408 Å². The Morgan fingerprint density at radius 1 is 0.214 bits per heavy atom. The molecule has 0 bridgehead atoms. The minimum Gasteiger partial charge on any atom is -0.457 e. The van der Waals surface area contributed by atoms with Gasteiger partial charge in [0.15, 0.2) is 5.78 Å². The molecule has 21 rings (SSSR count). The molecule has 28 nitrogen and oxygen atoms in total. The van der Waals surface area contributed by atoms with Gasteiger partial charge in [0.2, 0.25) is 0 Å². The van der Waals surface area contributed by atoms with Gasteiger partial charge in [-0.05, 0) is 233 Å². The van der Waals surface area contributed by atoms with E-state index in [1.54, 1.807) is 133 Å². The minimum absolute atomic E-state index is 0.109. The highest BCUT2D eigenvalue weighted by Crippen LogP contribution is 2.40. The zero-order chi connectivity index (χ0) is 92.3. The van der Waals surface area contributed by atoms with Crippen LogP contribution in [0.2, 0.25) is 0 Å². The lowest BCUT2D eigenvalue weighted by Crippen LogP contribution is -2.29. The highest BCUT2D eigenvalue weighted by molar-refractivity contribution is 6.37. The van der Waals surface area contributed by atoms with Crippen molar-refractivity contribution < 1.29 is 76.5 Å². The van der Waals surface area contributed by atoms with Crippen molar-refractivity contribution in [2.45, 2.75) is 27.7 Å². The Bertz CT molecular complexity index is 7780. The molecule has 0 saturated heterocycles. The van der Waals surface area contributed by atoms with Crippen LogP contribution in [0.3, 0.4) is 0 Å². The molecule has 13 aromatic carbocycles. The van der Waals surface area contributed by atoms with E-state index in [0.29, 0.717) is 96.2 Å². The molecule has 28 heteroatoms. The van der Waals surface area contributed by atoms with Crippen LogP contribution in [0.15, 0.2) is 286 Å². The van der Waals surface area contributed by atoms with E-state index < -0.39 is 69.4 Å². The summed E-state index contributed by atoms with van der Waals surface area (Å²) in [6.45, 7) is 7.82. The molecule has 0 N–H and O–H groups in total. The summed E-state index contributed by atoms with van der Waals surface area (Å²) in [5.41, 5.74) is 9.00. The van der Waals surface area contributed by atoms with Gasteiger partial charge in [-0.3, -0.25) is 101 Å². The van der Waals surface area contributed by atoms with E-state index in [0.717, 1.165) is 55.9 Å². The van der Waals surface area contributed by atoms with Gasteiger partial charge < -0.3 is 14.2 Å². The average molecular weight is 1740 g/mol. The molecule has 0 saturated carbocycles. The number of carbonyl (C=O) groups is 13. The second-order valence-corrected chi connectivity index (χ2v) is 31.8. The lowest BCUT2D eigenvalue weighted by molar-refractivity contribution is 0.0677. The van der Waals surface area contributed by atoms with E-state index in [1.807, 2.05) is 88.4 Å². The van der Waals surface area contributed by atoms with Crippen molar-refractivity contribution in [2.75, 3.05) is 35.8 Å². The van der Waals surface area contributed by atoms with E-state index in [4.69, 9.17) is 14.2 Å². The number of fused-ring (bicyclic) bond motifs is 8. The van der Waals surface area contributed by atoms with Crippen molar-refractivity contribution in [1.29, 1.82) is 0 Å². The van der Waals surface area contributed by atoms with Crippen LogP contribution in [-0.4, -0.2) is 122 Å². The number of ketones is 1. The summed E-state index contributed by atoms with van der Waals surface area (Å²) in [6, 6.07) is 73.3. The van der Waals surface area contributed by atoms with Crippen LogP contribution < -0.4 is 51.1 Å². The van der Waals surface area contributed by atoms with E-state index in [2.05, 4.69) is 0 Å². The molecule has 0 aliphatic carbocycles. The van der Waals surface area contributed by atoms with Crippen molar-refractivity contribution >= 4 is 115 Å². The monoisotopic (exact) mass is 1740 g/mol. The van der Waals surface area contributed by atoms with Gasteiger partial charge >= 0.3 is 0 Å². The molecule has 6 aliphatic heterocycles. The number of aromatic nitrogens is 2.